The van der Waals surface area contributed by atoms with Crippen molar-refractivity contribution in [3.05, 3.63) is 29.0 Å². The standard InChI is InChI=1S/C13H16ClFN2O2S/c14-12-9-11(3-4-13(12)15)20(18,19)17-7-5-16(6-8-17)10-1-2-10/h3-4,9-10H,1-2,5-8H2. The predicted molar refractivity (Wildman–Crippen MR) is 74.8 cm³/mol. The van der Waals surface area contributed by atoms with Crippen LogP contribution >= 0.6 is 11.6 Å². The van der Waals surface area contributed by atoms with Gasteiger partial charge in [0, 0.05) is 32.2 Å². The van der Waals surface area contributed by atoms with Crippen LogP contribution in [0.5, 0.6) is 0 Å². The molecular weight excluding hydrogens is 303 g/mol. The first-order valence-electron chi connectivity index (χ1n) is 6.68. The van der Waals surface area contributed by atoms with Crippen molar-refractivity contribution in [3.63, 3.8) is 0 Å². The number of halogens is 2. The predicted octanol–water partition coefficient (Wildman–Crippen LogP) is 1.95. The van der Waals surface area contributed by atoms with Crippen molar-refractivity contribution in [1.82, 2.24) is 9.21 Å². The molecule has 0 amide bonds. The highest BCUT2D eigenvalue weighted by molar-refractivity contribution is 7.89. The second-order valence-electron chi connectivity index (χ2n) is 5.25. The quantitative estimate of drug-likeness (QED) is 0.855. The maximum atomic E-state index is 13.1. The Morgan fingerprint density at radius 3 is 2.35 bits per heavy atom. The molecule has 0 atom stereocenters. The molecule has 0 bridgehead atoms. The summed E-state index contributed by atoms with van der Waals surface area (Å²) in [6, 6.07) is 4.19. The van der Waals surface area contributed by atoms with E-state index in [1.165, 1.54) is 29.3 Å². The zero-order valence-electron chi connectivity index (χ0n) is 10.9. The van der Waals surface area contributed by atoms with Crippen LogP contribution in [0.15, 0.2) is 23.1 Å². The van der Waals surface area contributed by atoms with Gasteiger partial charge in [-0.2, -0.15) is 4.31 Å². The summed E-state index contributed by atoms with van der Waals surface area (Å²) in [5, 5.41) is -0.164. The molecule has 2 fully saturated rings. The van der Waals surface area contributed by atoms with Gasteiger partial charge in [-0.05, 0) is 31.0 Å². The van der Waals surface area contributed by atoms with Crippen molar-refractivity contribution >= 4 is 21.6 Å². The van der Waals surface area contributed by atoms with E-state index in [1.807, 2.05) is 0 Å². The van der Waals surface area contributed by atoms with Crippen LogP contribution in [0.25, 0.3) is 0 Å². The lowest BCUT2D eigenvalue weighted by Gasteiger charge is -2.34. The lowest BCUT2D eigenvalue weighted by Crippen LogP contribution is -2.49. The molecule has 0 aromatic heterocycles. The zero-order chi connectivity index (χ0) is 14.3. The van der Waals surface area contributed by atoms with Gasteiger partial charge in [0.2, 0.25) is 10.0 Å². The normalized spacial score (nSPS) is 22.1. The molecule has 1 aliphatic carbocycles. The van der Waals surface area contributed by atoms with E-state index in [2.05, 4.69) is 4.90 Å². The third-order valence-corrected chi connectivity index (χ3v) is 6.05. The molecule has 1 saturated carbocycles. The van der Waals surface area contributed by atoms with E-state index in [9.17, 15) is 12.8 Å². The van der Waals surface area contributed by atoms with E-state index in [4.69, 9.17) is 11.6 Å². The van der Waals surface area contributed by atoms with Crippen molar-refractivity contribution in [1.29, 1.82) is 0 Å². The molecular formula is C13H16ClFN2O2S. The highest BCUT2D eigenvalue weighted by Crippen LogP contribution is 2.29. The summed E-state index contributed by atoms with van der Waals surface area (Å²) in [6.07, 6.45) is 2.45. The van der Waals surface area contributed by atoms with Crippen LogP contribution in [0, 0.1) is 5.82 Å². The fourth-order valence-corrected chi connectivity index (χ4v) is 4.23. The molecule has 0 unspecified atom stereocenters. The summed E-state index contributed by atoms with van der Waals surface area (Å²) in [6.45, 7) is 2.49. The number of sulfonamides is 1. The molecule has 1 heterocycles. The Hall–Kier alpha value is -0.690. The van der Waals surface area contributed by atoms with E-state index < -0.39 is 15.8 Å². The second kappa shape index (κ2) is 5.26. The molecule has 1 aromatic rings. The minimum absolute atomic E-state index is 0.0590. The molecule has 1 aliphatic heterocycles. The van der Waals surface area contributed by atoms with Gasteiger partial charge in [0.05, 0.1) is 9.92 Å². The van der Waals surface area contributed by atoms with Gasteiger partial charge in [-0.3, -0.25) is 4.90 Å². The molecule has 0 radical (unpaired) electrons. The van der Waals surface area contributed by atoms with Gasteiger partial charge < -0.3 is 0 Å². The lowest BCUT2D eigenvalue weighted by atomic mass is 10.3. The van der Waals surface area contributed by atoms with Crippen molar-refractivity contribution in [3.8, 4) is 0 Å². The third kappa shape index (κ3) is 2.70. The Morgan fingerprint density at radius 2 is 1.80 bits per heavy atom. The van der Waals surface area contributed by atoms with Crippen molar-refractivity contribution in [2.75, 3.05) is 26.2 Å². The summed E-state index contributed by atoms with van der Waals surface area (Å²) < 4.78 is 39.5. The van der Waals surface area contributed by atoms with Crippen LogP contribution in [0.3, 0.4) is 0 Å². The van der Waals surface area contributed by atoms with E-state index in [0.29, 0.717) is 19.1 Å². The lowest BCUT2D eigenvalue weighted by molar-refractivity contribution is 0.180. The average Bonchev–Trinajstić information content (AvgIpc) is 3.26. The first-order valence-corrected chi connectivity index (χ1v) is 8.49. The fraction of sp³-hybridized carbons (Fsp3) is 0.538. The molecule has 1 saturated heterocycles. The summed E-state index contributed by atoms with van der Waals surface area (Å²) in [5.74, 6) is -0.607. The smallest absolute Gasteiger partial charge is 0.243 e. The van der Waals surface area contributed by atoms with Crippen LogP contribution in [-0.4, -0.2) is 49.8 Å². The highest BCUT2D eigenvalue weighted by Gasteiger charge is 2.34. The minimum atomic E-state index is -3.57. The van der Waals surface area contributed by atoms with Gasteiger partial charge in [-0.15, -0.1) is 0 Å². The largest absolute Gasteiger partial charge is 0.298 e. The van der Waals surface area contributed by atoms with Gasteiger partial charge in [0.25, 0.3) is 0 Å². The SMILES string of the molecule is O=S(=O)(c1ccc(F)c(Cl)c1)N1CCN(C2CC2)CC1. The molecule has 0 N–H and O–H groups in total. The Kier molecular flexibility index (Phi) is 3.75. The Labute approximate surface area is 123 Å². The first-order chi connectivity index (χ1) is 9.48. The van der Waals surface area contributed by atoms with Gasteiger partial charge in [0.15, 0.2) is 0 Å². The van der Waals surface area contributed by atoms with Crippen molar-refractivity contribution < 1.29 is 12.8 Å². The molecule has 4 nitrogen and oxygen atoms in total. The number of hydrogen-bond acceptors (Lipinski definition) is 3. The Bertz CT molecular complexity index is 611. The van der Waals surface area contributed by atoms with E-state index >= 15 is 0 Å². The van der Waals surface area contributed by atoms with E-state index in [1.54, 1.807) is 0 Å². The summed E-state index contributed by atoms with van der Waals surface area (Å²) in [5.41, 5.74) is 0. The molecule has 110 valence electrons. The topological polar surface area (TPSA) is 40.6 Å². The number of piperazine rings is 1. The molecule has 7 heteroatoms. The van der Waals surface area contributed by atoms with Crippen LogP contribution in [-0.2, 0) is 10.0 Å². The monoisotopic (exact) mass is 318 g/mol. The minimum Gasteiger partial charge on any atom is -0.298 e. The third-order valence-electron chi connectivity index (χ3n) is 3.87. The van der Waals surface area contributed by atoms with E-state index in [-0.39, 0.29) is 9.92 Å². The second-order valence-corrected chi connectivity index (χ2v) is 7.59. The molecule has 1 aromatic carbocycles. The van der Waals surface area contributed by atoms with Crippen LogP contribution in [0.1, 0.15) is 12.8 Å². The van der Waals surface area contributed by atoms with Crippen molar-refractivity contribution in [2.45, 2.75) is 23.8 Å². The average molecular weight is 319 g/mol. The Morgan fingerprint density at radius 1 is 1.15 bits per heavy atom. The first kappa shape index (κ1) is 14.3. The molecule has 2 aliphatic rings. The Balaban J connectivity index is 1.76. The van der Waals surface area contributed by atoms with Gasteiger partial charge in [0.1, 0.15) is 5.82 Å². The number of rotatable bonds is 3. The van der Waals surface area contributed by atoms with Crippen molar-refractivity contribution in [2.24, 2.45) is 0 Å². The number of hydrogen-bond donors (Lipinski definition) is 0. The number of nitrogens with zero attached hydrogens (tertiary/aromatic N) is 2. The summed E-state index contributed by atoms with van der Waals surface area (Å²) in [7, 11) is -3.57. The molecule has 20 heavy (non-hydrogen) atoms. The maximum Gasteiger partial charge on any atom is 0.243 e. The van der Waals surface area contributed by atoms with Gasteiger partial charge >= 0.3 is 0 Å². The van der Waals surface area contributed by atoms with Gasteiger partial charge in [-0.1, -0.05) is 11.6 Å². The maximum absolute atomic E-state index is 13.1. The summed E-state index contributed by atoms with van der Waals surface area (Å²) in [4.78, 5) is 2.40. The van der Waals surface area contributed by atoms with Crippen LogP contribution in [0.4, 0.5) is 4.39 Å². The molecule has 3 rings (SSSR count). The molecule has 0 spiro atoms. The highest BCUT2D eigenvalue weighted by atomic mass is 35.5. The van der Waals surface area contributed by atoms with Crippen LogP contribution in [0.2, 0.25) is 5.02 Å². The fourth-order valence-electron chi connectivity index (χ4n) is 2.54. The zero-order valence-corrected chi connectivity index (χ0v) is 12.5. The number of benzene rings is 1. The van der Waals surface area contributed by atoms with Crippen LogP contribution < -0.4 is 0 Å². The van der Waals surface area contributed by atoms with E-state index in [0.717, 1.165) is 19.2 Å². The summed E-state index contributed by atoms with van der Waals surface area (Å²) >= 11 is 5.67. The van der Waals surface area contributed by atoms with Gasteiger partial charge in [-0.25, -0.2) is 12.8 Å².